The molecule has 1 aliphatic rings. The van der Waals surface area contributed by atoms with E-state index in [1.54, 1.807) is 0 Å². The molecule has 0 N–H and O–H groups in total. The molecular formula is C12H23N3. The van der Waals surface area contributed by atoms with E-state index >= 15 is 0 Å². The average Bonchev–Trinajstić information content (AvgIpc) is 2.59. The molecule has 3 nitrogen and oxygen atoms in total. The Morgan fingerprint density at radius 1 is 1.27 bits per heavy atom. The van der Waals surface area contributed by atoms with Crippen LogP contribution < -0.4 is 0 Å². The van der Waals surface area contributed by atoms with Crippen molar-refractivity contribution in [2.24, 2.45) is 7.05 Å². The van der Waals surface area contributed by atoms with Gasteiger partial charge in [0, 0.05) is 33.0 Å². The molecule has 1 aromatic rings. The Morgan fingerprint density at radius 3 is 2.53 bits per heavy atom. The van der Waals surface area contributed by atoms with Crippen LogP contribution in [0.5, 0.6) is 0 Å². The number of nitrogens with zero attached hydrogens (tertiary/aromatic N) is 3. The maximum atomic E-state index is 4.64. The molecule has 0 radical (unpaired) electrons. The molecule has 2 rings (SSSR count). The number of rotatable bonds is 1. The van der Waals surface area contributed by atoms with Crippen molar-refractivity contribution < 1.29 is 0 Å². The fourth-order valence-corrected chi connectivity index (χ4v) is 1.99. The van der Waals surface area contributed by atoms with Crippen LogP contribution in [0.25, 0.3) is 0 Å². The predicted molar refractivity (Wildman–Crippen MR) is 64.0 cm³/mol. The van der Waals surface area contributed by atoms with E-state index in [9.17, 15) is 0 Å². The van der Waals surface area contributed by atoms with E-state index in [1.165, 1.54) is 17.2 Å². The number of fused-ring (bicyclic) bond motifs is 1. The van der Waals surface area contributed by atoms with Crippen LogP contribution in [0, 0.1) is 0 Å². The largest absolute Gasteiger partial charge is 0.334 e. The Balaban J connectivity index is 0.000000531. The van der Waals surface area contributed by atoms with Crippen molar-refractivity contribution in [3.63, 3.8) is 0 Å². The summed E-state index contributed by atoms with van der Waals surface area (Å²) >= 11 is 0. The van der Waals surface area contributed by atoms with Crippen molar-refractivity contribution >= 4 is 0 Å². The SMILES string of the molecule is CC.CCc1nc2c(n1C)CN(C)CC2. The third kappa shape index (κ3) is 2.40. The summed E-state index contributed by atoms with van der Waals surface area (Å²) in [4.78, 5) is 6.99. The van der Waals surface area contributed by atoms with Gasteiger partial charge in [-0.15, -0.1) is 0 Å². The van der Waals surface area contributed by atoms with Crippen molar-refractivity contribution in [1.29, 1.82) is 0 Å². The van der Waals surface area contributed by atoms with E-state index in [4.69, 9.17) is 0 Å². The number of likely N-dealkylation sites (N-methyl/N-ethyl adjacent to an activating group) is 1. The molecule has 0 fully saturated rings. The Hall–Kier alpha value is -0.830. The average molecular weight is 209 g/mol. The first-order valence-electron chi connectivity index (χ1n) is 5.94. The minimum Gasteiger partial charge on any atom is -0.334 e. The number of aromatic nitrogens is 2. The van der Waals surface area contributed by atoms with Crippen molar-refractivity contribution in [1.82, 2.24) is 14.5 Å². The predicted octanol–water partition coefficient (Wildman–Crippen LogP) is 2.00. The molecule has 86 valence electrons. The molecule has 1 aromatic heterocycles. The summed E-state index contributed by atoms with van der Waals surface area (Å²) in [5.74, 6) is 1.22. The highest BCUT2D eigenvalue weighted by molar-refractivity contribution is 5.19. The highest BCUT2D eigenvalue weighted by atomic mass is 15.2. The Kier molecular flexibility index (Phi) is 4.33. The molecule has 0 spiro atoms. The zero-order chi connectivity index (χ0) is 11.4. The molecule has 0 aromatic carbocycles. The molecule has 0 unspecified atom stereocenters. The van der Waals surface area contributed by atoms with Gasteiger partial charge in [0.05, 0.1) is 11.4 Å². The second-order valence-corrected chi connectivity index (χ2v) is 3.82. The van der Waals surface area contributed by atoms with Crippen molar-refractivity contribution in [2.45, 2.75) is 40.2 Å². The second-order valence-electron chi connectivity index (χ2n) is 3.82. The van der Waals surface area contributed by atoms with Gasteiger partial charge in [-0.1, -0.05) is 20.8 Å². The van der Waals surface area contributed by atoms with E-state index in [1.807, 2.05) is 13.8 Å². The van der Waals surface area contributed by atoms with Gasteiger partial charge >= 0.3 is 0 Å². The highest BCUT2D eigenvalue weighted by Crippen LogP contribution is 2.18. The molecule has 0 atom stereocenters. The maximum Gasteiger partial charge on any atom is 0.108 e. The quantitative estimate of drug-likeness (QED) is 0.705. The van der Waals surface area contributed by atoms with E-state index < -0.39 is 0 Å². The lowest BCUT2D eigenvalue weighted by Gasteiger charge is -2.22. The van der Waals surface area contributed by atoms with Crippen LogP contribution in [0.15, 0.2) is 0 Å². The van der Waals surface area contributed by atoms with E-state index in [2.05, 4.69) is 35.5 Å². The molecule has 0 bridgehead atoms. The third-order valence-corrected chi connectivity index (χ3v) is 2.86. The smallest absolute Gasteiger partial charge is 0.108 e. The number of hydrogen-bond donors (Lipinski definition) is 0. The zero-order valence-electron chi connectivity index (χ0n) is 10.7. The molecule has 15 heavy (non-hydrogen) atoms. The zero-order valence-corrected chi connectivity index (χ0v) is 10.7. The summed E-state index contributed by atoms with van der Waals surface area (Å²) in [5.41, 5.74) is 2.73. The molecule has 0 amide bonds. The summed E-state index contributed by atoms with van der Waals surface area (Å²) in [7, 11) is 4.30. The summed E-state index contributed by atoms with van der Waals surface area (Å²) in [6.07, 6.45) is 2.15. The first kappa shape index (κ1) is 12.2. The summed E-state index contributed by atoms with van der Waals surface area (Å²) in [6.45, 7) is 8.36. The lowest BCUT2D eigenvalue weighted by Crippen LogP contribution is -2.27. The minimum atomic E-state index is 1.03. The van der Waals surface area contributed by atoms with E-state index in [-0.39, 0.29) is 0 Å². The van der Waals surface area contributed by atoms with Crippen LogP contribution in [-0.4, -0.2) is 28.0 Å². The second kappa shape index (κ2) is 5.31. The molecule has 2 heterocycles. The van der Waals surface area contributed by atoms with Gasteiger partial charge in [-0.25, -0.2) is 4.98 Å². The van der Waals surface area contributed by atoms with Gasteiger partial charge in [0.15, 0.2) is 0 Å². The van der Waals surface area contributed by atoms with Crippen LogP contribution in [-0.2, 0) is 26.4 Å². The summed E-state index contributed by atoms with van der Waals surface area (Å²) < 4.78 is 2.25. The van der Waals surface area contributed by atoms with Crippen LogP contribution in [0.2, 0.25) is 0 Å². The maximum absolute atomic E-state index is 4.64. The van der Waals surface area contributed by atoms with Crippen LogP contribution in [0.3, 0.4) is 0 Å². The van der Waals surface area contributed by atoms with Gasteiger partial charge in [0.1, 0.15) is 5.82 Å². The lowest BCUT2D eigenvalue weighted by molar-refractivity contribution is 0.303. The van der Waals surface area contributed by atoms with E-state index in [0.717, 1.165) is 25.9 Å². The van der Waals surface area contributed by atoms with Gasteiger partial charge < -0.3 is 9.47 Å². The topological polar surface area (TPSA) is 21.1 Å². The number of hydrogen-bond acceptors (Lipinski definition) is 2. The molecule has 1 aliphatic heterocycles. The van der Waals surface area contributed by atoms with Crippen molar-refractivity contribution in [2.75, 3.05) is 13.6 Å². The Labute approximate surface area is 93.1 Å². The van der Waals surface area contributed by atoms with Crippen molar-refractivity contribution in [3.05, 3.63) is 17.2 Å². The first-order chi connectivity index (χ1) is 7.22. The van der Waals surface area contributed by atoms with Gasteiger partial charge in [0.2, 0.25) is 0 Å². The molecule has 0 saturated heterocycles. The molecule has 0 saturated carbocycles. The molecule has 0 aliphatic carbocycles. The fraction of sp³-hybridized carbons (Fsp3) is 0.750. The van der Waals surface area contributed by atoms with Crippen LogP contribution in [0.4, 0.5) is 0 Å². The minimum absolute atomic E-state index is 1.03. The van der Waals surface area contributed by atoms with Gasteiger partial charge in [-0.05, 0) is 7.05 Å². The fourth-order valence-electron chi connectivity index (χ4n) is 1.99. The molecule has 3 heteroatoms. The lowest BCUT2D eigenvalue weighted by atomic mass is 10.1. The number of imidazole rings is 1. The van der Waals surface area contributed by atoms with Gasteiger partial charge in [-0.2, -0.15) is 0 Å². The number of aryl methyl sites for hydroxylation is 1. The van der Waals surface area contributed by atoms with Gasteiger partial charge in [-0.3, -0.25) is 0 Å². The monoisotopic (exact) mass is 209 g/mol. The molecular weight excluding hydrogens is 186 g/mol. The van der Waals surface area contributed by atoms with Crippen LogP contribution >= 0.6 is 0 Å². The van der Waals surface area contributed by atoms with E-state index in [0.29, 0.717) is 0 Å². The first-order valence-corrected chi connectivity index (χ1v) is 5.94. The van der Waals surface area contributed by atoms with Crippen LogP contribution in [0.1, 0.15) is 38.0 Å². The van der Waals surface area contributed by atoms with Crippen molar-refractivity contribution in [3.8, 4) is 0 Å². The van der Waals surface area contributed by atoms with Gasteiger partial charge in [0.25, 0.3) is 0 Å². The Bertz CT molecular complexity index is 315. The Morgan fingerprint density at radius 2 is 1.93 bits per heavy atom. The summed E-state index contributed by atoms with van der Waals surface area (Å²) in [6, 6.07) is 0. The third-order valence-electron chi connectivity index (χ3n) is 2.86. The standard InChI is InChI=1S/C10H17N3.C2H6/c1-4-10-11-8-5-6-12(2)7-9(8)13(10)3;1-2/h4-7H2,1-3H3;1-2H3. The highest BCUT2D eigenvalue weighted by Gasteiger charge is 2.19. The normalized spacial score (nSPS) is 15.5. The summed E-state index contributed by atoms with van der Waals surface area (Å²) in [5, 5.41) is 0.